The van der Waals surface area contributed by atoms with Crippen LogP contribution >= 0.6 is 23.4 Å². The summed E-state index contributed by atoms with van der Waals surface area (Å²) in [6, 6.07) is 10.5. The molecule has 1 heterocycles. The summed E-state index contributed by atoms with van der Waals surface area (Å²) < 4.78 is 13.1. The van der Waals surface area contributed by atoms with Gasteiger partial charge in [-0.15, -0.1) is 11.8 Å². The van der Waals surface area contributed by atoms with Gasteiger partial charge in [0.25, 0.3) is 0 Å². The standard InChI is InChI=1S/C15H12ClFN2OS/c16-11-5-9(1-3-12(11)17)7-18-10-2-4-14-13(6-10)19-15(20)8-21-14/h1-6,18H,7-8H2,(H,19,20). The number of thioether (sulfide) groups is 1. The molecule has 0 aromatic heterocycles. The largest absolute Gasteiger partial charge is 0.381 e. The Morgan fingerprint density at radius 3 is 2.95 bits per heavy atom. The minimum Gasteiger partial charge on any atom is -0.381 e. The van der Waals surface area contributed by atoms with Gasteiger partial charge in [0.15, 0.2) is 0 Å². The molecule has 0 radical (unpaired) electrons. The maximum absolute atomic E-state index is 13.1. The molecule has 6 heteroatoms. The van der Waals surface area contributed by atoms with Crippen LogP contribution in [-0.2, 0) is 11.3 Å². The number of anilines is 2. The highest BCUT2D eigenvalue weighted by Crippen LogP contribution is 2.33. The fourth-order valence-electron chi connectivity index (χ4n) is 2.05. The van der Waals surface area contributed by atoms with Crippen LogP contribution in [0.5, 0.6) is 0 Å². The number of nitrogens with one attached hydrogen (secondary N) is 2. The van der Waals surface area contributed by atoms with Crippen molar-refractivity contribution in [3.8, 4) is 0 Å². The molecule has 21 heavy (non-hydrogen) atoms. The molecule has 0 atom stereocenters. The van der Waals surface area contributed by atoms with E-state index in [0.29, 0.717) is 12.3 Å². The van der Waals surface area contributed by atoms with Crippen LogP contribution < -0.4 is 10.6 Å². The number of hydrogen-bond acceptors (Lipinski definition) is 3. The highest BCUT2D eigenvalue weighted by atomic mass is 35.5. The van der Waals surface area contributed by atoms with Crippen LogP contribution in [0.15, 0.2) is 41.3 Å². The number of carbonyl (C=O) groups excluding carboxylic acids is 1. The predicted molar refractivity (Wildman–Crippen MR) is 84.5 cm³/mol. The summed E-state index contributed by atoms with van der Waals surface area (Å²) >= 11 is 7.28. The molecule has 3 rings (SSSR count). The van der Waals surface area contributed by atoms with Gasteiger partial charge in [-0.3, -0.25) is 4.79 Å². The molecule has 3 nitrogen and oxygen atoms in total. The SMILES string of the molecule is O=C1CSc2ccc(NCc3ccc(F)c(Cl)c3)cc2N1. The molecule has 2 N–H and O–H groups in total. The Morgan fingerprint density at radius 2 is 2.14 bits per heavy atom. The molecule has 0 unspecified atom stereocenters. The van der Waals surface area contributed by atoms with E-state index in [-0.39, 0.29) is 10.9 Å². The molecule has 0 bridgehead atoms. The number of halogens is 2. The van der Waals surface area contributed by atoms with E-state index in [2.05, 4.69) is 10.6 Å². The zero-order chi connectivity index (χ0) is 14.8. The Labute approximate surface area is 130 Å². The second kappa shape index (κ2) is 5.95. The summed E-state index contributed by atoms with van der Waals surface area (Å²) in [5.74, 6) is 0.0392. The van der Waals surface area contributed by atoms with Crippen molar-refractivity contribution in [1.29, 1.82) is 0 Å². The van der Waals surface area contributed by atoms with Crippen LogP contribution in [-0.4, -0.2) is 11.7 Å². The Balaban J connectivity index is 1.72. The minimum absolute atomic E-state index is 0.00923. The van der Waals surface area contributed by atoms with Crippen molar-refractivity contribution in [2.75, 3.05) is 16.4 Å². The van der Waals surface area contributed by atoms with Crippen LogP contribution in [0.3, 0.4) is 0 Å². The third kappa shape index (κ3) is 3.31. The number of amides is 1. The molecule has 1 aliphatic rings. The number of benzene rings is 2. The molecule has 0 saturated heterocycles. The van der Waals surface area contributed by atoms with E-state index in [4.69, 9.17) is 11.6 Å². The Bertz CT molecular complexity index is 708. The first-order chi connectivity index (χ1) is 10.1. The first-order valence-electron chi connectivity index (χ1n) is 6.36. The van der Waals surface area contributed by atoms with Crippen molar-refractivity contribution in [2.45, 2.75) is 11.4 Å². The fraction of sp³-hybridized carbons (Fsp3) is 0.133. The van der Waals surface area contributed by atoms with Crippen LogP contribution in [0.25, 0.3) is 0 Å². The van der Waals surface area contributed by atoms with Gasteiger partial charge in [-0.2, -0.15) is 0 Å². The van der Waals surface area contributed by atoms with Crippen molar-refractivity contribution < 1.29 is 9.18 Å². The zero-order valence-electron chi connectivity index (χ0n) is 11.0. The van der Waals surface area contributed by atoms with Crippen molar-refractivity contribution >= 4 is 40.6 Å². The quantitative estimate of drug-likeness (QED) is 0.892. The maximum atomic E-state index is 13.1. The van der Waals surface area contributed by atoms with Gasteiger partial charge in [0.05, 0.1) is 16.5 Å². The van der Waals surface area contributed by atoms with Crippen molar-refractivity contribution in [2.24, 2.45) is 0 Å². The van der Waals surface area contributed by atoms with E-state index in [1.54, 1.807) is 12.1 Å². The predicted octanol–water partition coefficient (Wildman–Crippen LogP) is 4.14. The molecule has 1 amide bonds. The molecule has 1 aliphatic heterocycles. The highest BCUT2D eigenvalue weighted by Gasteiger charge is 2.15. The van der Waals surface area contributed by atoms with Gasteiger partial charge in [-0.25, -0.2) is 4.39 Å². The average molecular weight is 323 g/mol. The second-order valence-electron chi connectivity index (χ2n) is 4.65. The van der Waals surface area contributed by atoms with Gasteiger partial charge in [0.1, 0.15) is 5.82 Å². The smallest absolute Gasteiger partial charge is 0.234 e. The van der Waals surface area contributed by atoms with Gasteiger partial charge >= 0.3 is 0 Å². The van der Waals surface area contributed by atoms with Gasteiger partial charge in [0.2, 0.25) is 5.91 Å². The van der Waals surface area contributed by atoms with E-state index in [9.17, 15) is 9.18 Å². The Morgan fingerprint density at radius 1 is 1.29 bits per heavy atom. The lowest BCUT2D eigenvalue weighted by Crippen LogP contribution is -2.18. The molecule has 0 spiro atoms. The first-order valence-corrected chi connectivity index (χ1v) is 7.73. The third-order valence-electron chi connectivity index (χ3n) is 3.09. The molecule has 0 aliphatic carbocycles. The van der Waals surface area contributed by atoms with Crippen molar-refractivity contribution in [1.82, 2.24) is 0 Å². The van der Waals surface area contributed by atoms with Crippen molar-refractivity contribution in [3.63, 3.8) is 0 Å². The summed E-state index contributed by atoms with van der Waals surface area (Å²) in [4.78, 5) is 12.4. The van der Waals surface area contributed by atoms with E-state index in [1.165, 1.54) is 17.8 Å². The highest BCUT2D eigenvalue weighted by molar-refractivity contribution is 8.00. The lowest BCUT2D eigenvalue weighted by Gasteiger charge is -2.17. The van der Waals surface area contributed by atoms with Gasteiger partial charge in [0, 0.05) is 17.1 Å². The Hall–Kier alpha value is -1.72. The van der Waals surface area contributed by atoms with Crippen LogP contribution in [0, 0.1) is 5.82 Å². The molecule has 0 fully saturated rings. The third-order valence-corrected chi connectivity index (χ3v) is 4.46. The number of fused-ring (bicyclic) bond motifs is 1. The molecular formula is C15H12ClFN2OS. The lowest BCUT2D eigenvalue weighted by atomic mass is 10.2. The number of carbonyl (C=O) groups is 1. The topological polar surface area (TPSA) is 41.1 Å². The zero-order valence-corrected chi connectivity index (χ0v) is 12.5. The van der Waals surface area contributed by atoms with E-state index in [1.807, 2.05) is 18.2 Å². The van der Waals surface area contributed by atoms with Crippen molar-refractivity contribution in [3.05, 3.63) is 52.8 Å². The van der Waals surface area contributed by atoms with E-state index in [0.717, 1.165) is 21.8 Å². The van der Waals surface area contributed by atoms with Crippen LogP contribution in [0.1, 0.15) is 5.56 Å². The fourth-order valence-corrected chi connectivity index (χ4v) is 3.04. The molecule has 108 valence electrons. The normalized spacial score (nSPS) is 13.5. The number of rotatable bonds is 3. The Kier molecular flexibility index (Phi) is 4.03. The summed E-state index contributed by atoms with van der Waals surface area (Å²) in [5.41, 5.74) is 2.59. The molecular weight excluding hydrogens is 311 g/mol. The van der Waals surface area contributed by atoms with Gasteiger partial charge in [-0.05, 0) is 35.9 Å². The van der Waals surface area contributed by atoms with E-state index < -0.39 is 5.82 Å². The minimum atomic E-state index is -0.422. The molecule has 2 aromatic rings. The van der Waals surface area contributed by atoms with Gasteiger partial charge in [-0.1, -0.05) is 17.7 Å². The number of hydrogen-bond donors (Lipinski definition) is 2. The first kappa shape index (κ1) is 14.2. The second-order valence-corrected chi connectivity index (χ2v) is 6.07. The molecule has 2 aromatic carbocycles. The monoisotopic (exact) mass is 322 g/mol. The lowest BCUT2D eigenvalue weighted by molar-refractivity contribution is -0.113. The average Bonchev–Trinajstić information content (AvgIpc) is 2.48. The van der Waals surface area contributed by atoms with Gasteiger partial charge < -0.3 is 10.6 Å². The van der Waals surface area contributed by atoms with Crippen LogP contribution in [0.2, 0.25) is 5.02 Å². The maximum Gasteiger partial charge on any atom is 0.234 e. The van der Waals surface area contributed by atoms with E-state index >= 15 is 0 Å². The molecule has 0 saturated carbocycles. The van der Waals surface area contributed by atoms with Crippen LogP contribution in [0.4, 0.5) is 15.8 Å². The summed E-state index contributed by atoms with van der Waals surface area (Å²) in [6.07, 6.45) is 0. The summed E-state index contributed by atoms with van der Waals surface area (Å²) in [6.45, 7) is 0.528. The summed E-state index contributed by atoms with van der Waals surface area (Å²) in [7, 11) is 0. The summed E-state index contributed by atoms with van der Waals surface area (Å²) in [5, 5.41) is 6.19.